The molecule has 0 unspecified atom stereocenters. The van der Waals surface area contributed by atoms with Gasteiger partial charge in [0.1, 0.15) is 11.6 Å². The van der Waals surface area contributed by atoms with Gasteiger partial charge in [-0.3, -0.25) is 14.9 Å². The lowest BCUT2D eigenvalue weighted by Gasteiger charge is -2.21. The summed E-state index contributed by atoms with van der Waals surface area (Å²) in [5.74, 6) is -0.132. The lowest BCUT2D eigenvalue weighted by Crippen LogP contribution is -2.44. The molecule has 0 bridgehead atoms. The molecule has 1 atom stereocenters. The summed E-state index contributed by atoms with van der Waals surface area (Å²) in [6.45, 7) is 6.36. The van der Waals surface area contributed by atoms with Crippen LogP contribution in [-0.2, 0) is 16.0 Å². The molecule has 0 aromatic heterocycles. The summed E-state index contributed by atoms with van der Waals surface area (Å²) in [4.78, 5) is 36.0. The van der Waals surface area contributed by atoms with E-state index in [4.69, 9.17) is 4.74 Å². The highest BCUT2D eigenvalue weighted by molar-refractivity contribution is 5.87. The number of amides is 2. The van der Waals surface area contributed by atoms with Crippen molar-refractivity contribution in [3.8, 4) is 0 Å². The number of nitrogens with one attached hydrogen (secondary N) is 1. The Morgan fingerprint density at radius 3 is 2.56 bits per heavy atom. The van der Waals surface area contributed by atoms with Crippen LogP contribution in [0.1, 0.15) is 32.8 Å². The number of carbonyl (C=O) groups is 2. The van der Waals surface area contributed by atoms with Crippen molar-refractivity contribution in [2.45, 2.75) is 45.3 Å². The Bertz CT molecular complexity index is 651. The fourth-order valence-electron chi connectivity index (χ4n) is 2.59. The number of carbonyl (C=O) groups excluding carboxylic acids is 2. The fourth-order valence-corrected chi connectivity index (χ4v) is 2.59. The second kappa shape index (κ2) is 7.50. The zero-order chi connectivity index (χ0) is 18.6. The van der Waals surface area contributed by atoms with Crippen molar-refractivity contribution in [3.05, 3.63) is 39.9 Å². The van der Waals surface area contributed by atoms with E-state index in [0.717, 1.165) is 5.56 Å². The van der Waals surface area contributed by atoms with Crippen LogP contribution in [0.3, 0.4) is 0 Å². The van der Waals surface area contributed by atoms with Crippen LogP contribution in [0.15, 0.2) is 24.3 Å². The maximum atomic E-state index is 12.3. The highest BCUT2D eigenvalue weighted by atomic mass is 16.6. The molecule has 0 radical (unpaired) electrons. The molecule has 8 heteroatoms. The van der Waals surface area contributed by atoms with Crippen molar-refractivity contribution < 1.29 is 19.2 Å². The van der Waals surface area contributed by atoms with Crippen LogP contribution in [0, 0.1) is 10.1 Å². The van der Waals surface area contributed by atoms with Crippen molar-refractivity contribution in [1.82, 2.24) is 10.2 Å². The van der Waals surface area contributed by atoms with Crippen LogP contribution in [0.2, 0.25) is 0 Å². The summed E-state index contributed by atoms with van der Waals surface area (Å²) >= 11 is 0. The fraction of sp³-hybridized carbons (Fsp3) is 0.529. The first kappa shape index (κ1) is 18.7. The van der Waals surface area contributed by atoms with Gasteiger partial charge in [0.05, 0.1) is 4.92 Å². The molecule has 0 aliphatic carbocycles. The van der Waals surface area contributed by atoms with Crippen molar-refractivity contribution in [2.24, 2.45) is 0 Å². The number of likely N-dealkylation sites (tertiary alicyclic amines) is 1. The number of nitro groups is 1. The summed E-state index contributed by atoms with van der Waals surface area (Å²) in [7, 11) is 0. The lowest BCUT2D eigenvalue weighted by molar-refractivity contribution is -0.384. The van der Waals surface area contributed by atoms with E-state index in [1.165, 1.54) is 12.1 Å². The number of hydrogen-bond donors (Lipinski definition) is 1. The number of rotatable bonds is 5. The van der Waals surface area contributed by atoms with E-state index >= 15 is 0 Å². The molecule has 1 heterocycles. The molecular formula is C17H23N3O5. The Hall–Kier alpha value is -2.64. The summed E-state index contributed by atoms with van der Waals surface area (Å²) < 4.78 is 5.17. The Morgan fingerprint density at radius 1 is 1.36 bits per heavy atom. The van der Waals surface area contributed by atoms with Crippen LogP contribution in [0.4, 0.5) is 10.5 Å². The third-order valence-electron chi connectivity index (χ3n) is 3.81. The molecule has 136 valence electrons. The van der Waals surface area contributed by atoms with Gasteiger partial charge in [0, 0.05) is 25.2 Å². The van der Waals surface area contributed by atoms with E-state index in [0.29, 0.717) is 25.9 Å². The average Bonchev–Trinajstić information content (AvgIpc) is 2.84. The predicted molar refractivity (Wildman–Crippen MR) is 91.2 cm³/mol. The number of benzene rings is 1. The van der Waals surface area contributed by atoms with Gasteiger partial charge in [-0.15, -0.1) is 0 Å². The minimum absolute atomic E-state index is 0.0441. The van der Waals surface area contributed by atoms with Gasteiger partial charge in [-0.1, -0.05) is 12.1 Å². The quantitative estimate of drug-likeness (QED) is 0.649. The first-order chi connectivity index (χ1) is 11.7. The monoisotopic (exact) mass is 349 g/mol. The molecule has 0 saturated carbocycles. The van der Waals surface area contributed by atoms with Crippen molar-refractivity contribution in [2.75, 3.05) is 13.1 Å². The zero-order valence-electron chi connectivity index (χ0n) is 14.7. The minimum atomic E-state index is -0.610. The summed E-state index contributed by atoms with van der Waals surface area (Å²) in [5, 5.41) is 13.2. The Balaban J connectivity index is 1.83. The molecule has 1 saturated heterocycles. The molecule has 1 aromatic carbocycles. The van der Waals surface area contributed by atoms with Crippen LogP contribution in [0.25, 0.3) is 0 Å². The smallest absolute Gasteiger partial charge is 0.408 e. The van der Waals surface area contributed by atoms with Crippen LogP contribution in [-0.4, -0.2) is 46.6 Å². The topological polar surface area (TPSA) is 102 Å². The van der Waals surface area contributed by atoms with Gasteiger partial charge in [-0.2, -0.15) is 0 Å². The molecule has 2 amide bonds. The zero-order valence-corrected chi connectivity index (χ0v) is 14.7. The van der Waals surface area contributed by atoms with E-state index in [2.05, 4.69) is 5.32 Å². The van der Waals surface area contributed by atoms with Crippen LogP contribution in [0.5, 0.6) is 0 Å². The second-order valence-corrected chi connectivity index (χ2v) is 6.99. The third kappa shape index (κ3) is 5.44. The maximum Gasteiger partial charge on any atom is 0.408 e. The molecule has 25 heavy (non-hydrogen) atoms. The van der Waals surface area contributed by atoms with E-state index in [9.17, 15) is 19.7 Å². The third-order valence-corrected chi connectivity index (χ3v) is 3.81. The van der Waals surface area contributed by atoms with Gasteiger partial charge in [-0.05, 0) is 39.2 Å². The number of ether oxygens (including phenoxy) is 1. The lowest BCUT2D eigenvalue weighted by atomic mass is 10.1. The summed E-state index contributed by atoms with van der Waals surface area (Å²) in [6, 6.07) is 5.72. The SMILES string of the molecule is CC(C)(C)OC(=O)N[C@H]1CCN(CCc2ccc([N+](=O)[O-])cc2)C1=O. The number of non-ortho nitro benzene ring substituents is 1. The molecule has 1 N–H and O–H groups in total. The minimum Gasteiger partial charge on any atom is -0.444 e. The largest absolute Gasteiger partial charge is 0.444 e. The predicted octanol–water partition coefficient (Wildman–Crippen LogP) is 2.26. The standard InChI is InChI=1S/C17H23N3O5/c1-17(2,3)25-16(22)18-14-9-11-19(15(14)21)10-8-12-4-6-13(7-5-12)20(23)24/h4-7,14H,8-11H2,1-3H3,(H,18,22)/t14-/m0/s1. The van der Waals surface area contributed by atoms with Gasteiger partial charge in [-0.25, -0.2) is 4.79 Å². The van der Waals surface area contributed by atoms with Gasteiger partial charge in [0.2, 0.25) is 5.91 Å². The van der Waals surface area contributed by atoms with Crippen LogP contribution >= 0.6 is 0 Å². The first-order valence-corrected chi connectivity index (χ1v) is 8.17. The summed E-state index contributed by atoms with van der Waals surface area (Å²) in [5.41, 5.74) is 0.353. The number of alkyl carbamates (subject to hydrolysis) is 1. The van der Waals surface area contributed by atoms with Gasteiger partial charge in [0.15, 0.2) is 0 Å². The first-order valence-electron chi connectivity index (χ1n) is 8.17. The molecule has 2 rings (SSSR count). The molecular weight excluding hydrogens is 326 g/mol. The Morgan fingerprint density at radius 2 is 2.00 bits per heavy atom. The maximum absolute atomic E-state index is 12.3. The molecule has 1 aromatic rings. The average molecular weight is 349 g/mol. The van der Waals surface area contributed by atoms with E-state index < -0.39 is 22.7 Å². The van der Waals surface area contributed by atoms with E-state index in [-0.39, 0.29) is 11.6 Å². The molecule has 8 nitrogen and oxygen atoms in total. The van der Waals surface area contributed by atoms with Gasteiger partial charge >= 0.3 is 6.09 Å². The normalized spacial score (nSPS) is 17.5. The van der Waals surface area contributed by atoms with Gasteiger partial charge in [0.25, 0.3) is 5.69 Å². The van der Waals surface area contributed by atoms with E-state index in [1.54, 1.807) is 37.8 Å². The molecule has 1 aliphatic rings. The molecule has 1 fully saturated rings. The highest BCUT2D eigenvalue weighted by Crippen LogP contribution is 2.16. The van der Waals surface area contributed by atoms with Crippen LogP contribution < -0.4 is 5.32 Å². The van der Waals surface area contributed by atoms with Crippen molar-refractivity contribution in [1.29, 1.82) is 0 Å². The van der Waals surface area contributed by atoms with E-state index in [1.807, 2.05) is 0 Å². The Kier molecular flexibility index (Phi) is 5.61. The second-order valence-electron chi connectivity index (χ2n) is 6.99. The van der Waals surface area contributed by atoms with Crippen molar-refractivity contribution in [3.63, 3.8) is 0 Å². The molecule has 0 spiro atoms. The molecule has 1 aliphatic heterocycles. The Labute approximate surface area is 146 Å². The van der Waals surface area contributed by atoms with Crippen molar-refractivity contribution >= 4 is 17.7 Å². The number of nitrogens with zero attached hydrogens (tertiary/aromatic N) is 2. The summed E-state index contributed by atoms with van der Waals surface area (Å²) in [6.07, 6.45) is 0.546. The highest BCUT2D eigenvalue weighted by Gasteiger charge is 2.33. The number of nitro benzene ring substituents is 1. The number of hydrogen-bond acceptors (Lipinski definition) is 5. The van der Waals surface area contributed by atoms with Gasteiger partial charge < -0.3 is 15.0 Å².